The van der Waals surface area contributed by atoms with Crippen LogP contribution in [-0.2, 0) is 6.42 Å². The van der Waals surface area contributed by atoms with Crippen LogP contribution in [0.1, 0.15) is 5.56 Å². The Bertz CT molecular complexity index is 604. The van der Waals surface area contributed by atoms with Crippen molar-refractivity contribution in [1.82, 2.24) is 5.32 Å². The van der Waals surface area contributed by atoms with Crippen LogP contribution in [0, 0.1) is 0 Å². The van der Waals surface area contributed by atoms with Gasteiger partial charge >= 0.3 is 6.03 Å². The SMILES string of the molecule is O=C(NCCc1cccc(Br)c1)Nc1ccccc1Cl. The largest absolute Gasteiger partial charge is 0.338 e. The van der Waals surface area contributed by atoms with Gasteiger partial charge in [-0.05, 0) is 36.2 Å². The van der Waals surface area contributed by atoms with Crippen LogP contribution in [0.4, 0.5) is 10.5 Å². The van der Waals surface area contributed by atoms with Crippen LogP contribution < -0.4 is 10.6 Å². The summed E-state index contributed by atoms with van der Waals surface area (Å²) in [4.78, 5) is 11.7. The molecule has 0 aliphatic carbocycles. The summed E-state index contributed by atoms with van der Waals surface area (Å²) >= 11 is 9.39. The summed E-state index contributed by atoms with van der Waals surface area (Å²) in [6, 6.07) is 14.9. The molecule has 0 saturated heterocycles. The Balaban J connectivity index is 1.80. The van der Waals surface area contributed by atoms with Gasteiger partial charge in [-0.15, -0.1) is 0 Å². The normalized spacial score (nSPS) is 10.1. The molecule has 2 N–H and O–H groups in total. The quantitative estimate of drug-likeness (QED) is 0.837. The number of anilines is 1. The van der Waals surface area contributed by atoms with E-state index in [1.807, 2.05) is 36.4 Å². The van der Waals surface area contributed by atoms with Gasteiger partial charge in [0.15, 0.2) is 0 Å². The zero-order valence-corrected chi connectivity index (χ0v) is 13.0. The Morgan fingerprint density at radius 3 is 2.70 bits per heavy atom. The summed E-state index contributed by atoms with van der Waals surface area (Å²) < 4.78 is 1.04. The van der Waals surface area contributed by atoms with Crippen LogP contribution in [0.15, 0.2) is 53.0 Å². The highest BCUT2D eigenvalue weighted by atomic mass is 79.9. The molecule has 5 heteroatoms. The second-order valence-corrected chi connectivity index (χ2v) is 5.56. The predicted molar refractivity (Wildman–Crippen MR) is 86.3 cm³/mol. The summed E-state index contributed by atoms with van der Waals surface area (Å²) in [5, 5.41) is 6.04. The molecule has 0 radical (unpaired) electrons. The highest BCUT2D eigenvalue weighted by Crippen LogP contribution is 2.20. The van der Waals surface area contributed by atoms with Gasteiger partial charge in [-0.1, -0.05) is 51.8 Å². The molecule has 0 spiro atoms. The van der Waals surface area contributed by atoms with Gasteiger partial charge in [-0.3, -0.25) is 0 Å². The van der Waals surface area contributed by atoms with Crippen molar-refractivity contribution in [2.45, 2.75) is 6.42 Å². The van der Waals surface area contributed by atoms with Gasteiger partial charge < -0.3 is 10.6 Å². The third-order valence-corrected chi connectivity index (χ3v) is 3.53. The van der Waals surface area contributed by atoms with E-state index < -0.39 is 0 Å². The van der Waals surface area contributed by atoms with Gasteiger partial charge in [0, 0.05) is 11.0 Å². The second kappa shape index (κ2) is 7.31. The molecule has 0 atom stereocenters. The molecule has 3 nitrogen and oxygen atoms in total. The van der Waals surface area contributed by atoms with E-state index in [1.165, 1.54) is 0 Å². The maximum atomic E-state index is 11.7. The first-order valence-corrected chi connectivity index (χ1v) is 7.36. The van der Waals surface area contributed by atoms with E-state index in [2.05, 4.69) is 26.6 Å². The zero-order valence-electron chi connectivity index (χ0n) is 10.7. The number of benzene rings is 2. The topological polar surface area (TPSA) is 41.1 Å². The van der Waals surface area contributed by atoms with Crippen LogP contribution in [0.3, 0.4) is 0 Å². The molecule has 0 aliphatic rings. The van der Waals surface area contributed by atoms with Gasteiger partial charge in [0.1, 0.15) is 0 Å². The minimum absolute atomic E-state index is 0.256. The van der Waals surface area contributed by atoms with E-state index in [0.29, 0.717) is 17.3 Å². The van der Waals surface area contributed by atoms with Crippen LogP contribution >= 0.6 is 27.5 Å². The summed E-state index contributed by atoms with van der Waals surface area (Å²) in [5.74, 6) is 0. The van der Waals surface area contributed by atoms with E-state index in [9.17, 15) is 4.79 Å². The molecule has 2 aromatic carbocycles. The Kier molecular flexibility index (Phi) is 5.44. The fourth-order valence-electron chi connectivity index (χ4n) is 1.74. The standard InChI is InChI=1S/C15H14BrClN2O/c16-12-5-3-4-11(10-12)8-9-18-15(20)19-14-7-2-1-6-13(14)17/h1-7,10H,8-9H2,(H2,18,19,20). The summed E-state index contributed by atoms with van der Waals surface area (Å²) in [7, 11) is 0. The van der Waals surface area contributed by atoms with Crippen molar-refractivity contribution in [1.29, 1.82) is 0 Å². The molecule has 0 saturated carbocycles. The minimum atomic E-state index is -0.256. The Morgan fingerprint density at radius 1 is 1.15 bits per heavy atom. The molecule has 0 aliphatic heterocycles. The van der Waals surface area contributed by atoms with Crippen molar-refractivity contribution in [3.63, 3.8) is 0 Å². The highest BCUT2D eigenvalue weighted by molar-refractivity contribution is 9.10. The number of carbonyl (C=O) groups is 1. The van der Waals surface area contributed by atoms with Gasteiger partial charge in [-0.2, -0.15) is 0 Å². The summed E-state index contributed by atoms with van der Waals surface area (Å²) in [5.41, 5.74) is 1.77. The number of halogens is 2. The van der Waals surface area contributed by atoms with Crippen LogP contribution in [0.5, 0.6) is 0 Å². The lowest BCUT2D eigenvalue weighted by Crippen LogP contribution is -2.30. The van der Waals surface area contributed by atoms with Crippen molar-refractivity contribution < 1.29 is 4.79 Å². The third-order valence-electron chi connectivity index (χ3n) is 2.71. The predicted octanol–water partition coefficient (Wildman–Crippen LogP) is 4.47. The van der Waals surface area contributed by atoms with Gasteiger partial charge in [0.2, 0.25) is 0 Å². The number of nitrogens with one attached hydrogen (secondary N) is 2. The fourth-order valence-corrected chi connectivity index (χ4v) is 2.37. The number of carbonyl (C=O) groups excluding carboxylic acids is 1. The lowest BCUT2D eigenvalue weighted by molar-refractivity contribution is 0.252. The van der Waals surface area contributed by atoms with Gasteiger partial charge in [0.05, 0.1) is 10.7 Å². The lowest BCUT2D eigenvalue weighted by Gasteiger charge is -2.09. The molecular formula is C15H14BrClN2O. The molecule has 104 valence electrons. The zero-order chi connectivity index (χ0) is 14.4. The number of hydrogen-bond donors (Lipinski definition) is 2. The van der Waals surface area contributed by atoms with Crippen molar-refractivity contribution >= 4 is 39.2 Å². The Labute approximate surface area is 131 Å². The molecule has 2 aromatic rings. The molecule has 2 rings (SSSR count). The van der Waals surface area contributed by atoms with E-state index in [1.54, 1.807) is 12.1 Å². The fraction of sp³-hybridized carbons (Fsp3) is 0.133. The number of para-hydroxylation sites is 1. The third kappa shape index (κ3) is 4.54. The molecule has 0 fully saturated rings. The van der Waals surface area contributed by atoms with E-state index in [-0.39, 0.29) is 6.03 Å². The lowest BCUT2D eigenvalue weighted by atomic mass is 10.1. The van der Waals surface area contributed by atoms with E-state index >= 15 is 0 Å². The van der Waals surface area contributed by atoms with Gasteiger partial charge in [-0.25, -0.2) is 4.79 Å². The van der Waals surface area contributed by atoms with Crippen molar-refractivity contribution in [3.8, 4) is 0 Å². The van der Waals surface area contributed by atoms with Crippen LogP contribution in [0.2, 0.25) is 5.02 Å². The number of urea groups is 1. The van der Waals surface area contributed by atoms with Crippen molar-refractivity contribution in [3.05, 3.63) is 63.6 Å². The summed E-state index contributed by atoms with van der Waals surface area (Å²) in [6.07, 6.45) is 0.773. The first kappa shape index (κ1) is 14.9. The van der Waals surface area contributed by atoms with Crippen LogP contribution in [0.25, 0.3) is 0 Å². The molecule has 20 heavy (non-hydrogen) atoms. The number of amides is 2. The Hall–Kier alpha value is -1.52. The molecular weight excluding hydrogens is 340 g/mol. The van der Waals surface area contributed by atoms with E-state index in [4.69, 9.17) is 11.6 Å². The monoisotopic (exact) mass is 352 g/mol. The van der Waals surface area contributed by atoms with Gasteiger partial charge in [0.25, 0.3) is 0 Å². The van der Waals surface area contributed by atoms with Crippen molar-refractivity contribution in [2.24, 2.45) is 0 Å². The molecule has 2 amide bonds. The Morgan fingerprint density at radius 2 is 1.95 bits per heavy atom. The minimum Gasteiger partial charge on any atom is -0.338 e. The molecule has 0 heterocycles. The average molecular weight is 354 g/mol. The maximum Gasteiger partial charge on any atom is 0.319 e. The average Bonchev–Trinajstić information content (AvgIpc) is 2.41. The van der Waals surface area contributed by atoms with E-state index in [0.717, 1.165) is 16.5 Å². The first-order chi connectivity index (χ1) is 9.65. The molecule has 0 bridgehead atoms. The second-order valence-electron chi connectivity index (χ2n) is 4.24. The highest BCUT2D eigenvalue weighted by Gasteiger charge is 2.04. The molecule has 0 aromatic heterocycles. The first-order valence-electron chi connectivity index (χ1n) is 6.19. The van der Waals surface area contributed by atoms with Crippen molar-refractivity contribution in [2.75, 3.05) is 11.9 Å². The number of rotatable bonds is 4. The maximum absolute atomic E-state index is 11.7. The van der Waals surface area contributed by atoms with Crippen LogP contribution in [-0.4, -0.2) is 12.6 Å². The smallest absolute Gasteiger partial charge is 0.319 e. The molecule has 0 unspecified atom stereocenters. The summed E-state index contributed by atoms with van der Waals surface area (Å²) in [6.45, 7) is 0.562. The number of hydrogen-bond acceptors (Lipinski definition) is 1.